The fourth-order valence-corrected chi connectivity index (χ4v) is 3.97. The van der Waals surface area contributed by atoms with Gasteiger partial charge in [0.05, 0.1) is 6.54 Å². The smallest absolute Gasteiger partial charge is 0.224 e. The van der Waals surface area contributed by atoms with Crippen molar-refractivity contribution in [1.82, 2.24) is 20.5 Å². The molecule has 0 fully saturated rings. The molecule has 0 spiro atoms. The topological polar surface area (TPSA) is 69.6 Å². The fourth-order valence-electron chi connectivity index (χ4n) is 3.08. The molecule has 6 nitrogen and oxygen atoms in total. The zero-order chi connectivity index (χ0) is 18.9. The van der Waals surface area contributed by atoms with Gasteiger partial charge in [0.2, 0.25) is 5.91 Å². The summed E-state index contributed by atoms with van der Waals surface area (Å²) in [5.74, 6) is 0.930. The van der Waals surface area contributed by atoms with Crippen molar-refractivity contribution in [3.63, 3.8) is 0 Å². The monoisotopic (exact) mass is 513 g/mol. The minimum absolute atomic E-state index is 0. The van der Waals surface area contributed by atoms with Gasteiger partial charge in [-0.2, -0.15) is 0 Å². The molecule has 3 heterocycles. The highest BCUT2D eigenvalue weighted by molar-refractivity contribution is 14.0. The summed E-state index contributed by atoms with van der Waals surface area (Å²) in [6.07, 6.45) is 4.05. The molecule has 1 amide bonds. The van der Waals surface area contributed by atoms with Gasteiger partial charge in [-0.1, -0.05) is 6.07 Å². The number of aromatic nitrogens is 1. The Balaban J connectivity index is 0.00000280. The van der Waals surface area contributed by atoms with Crippen LogP contribution >= 0.6 is 35.3 Å². The van der Waals surface area contributed by atoms with Crippen LogP contribution in [0, 0.1) is 0 Å². The molecule has 0 unspecified atom stereocenters. The van der Waals surface area contributed by atoms with Crippen LogP contribution in [0.2, 0.25) is 0 Å². The van der Waals surface area contributed by atoms with Crippen LogP contribution in [0.25, 0.3) is 0 Å². The van der Waals surface area contributed by atoms with Crippen molar-refractivity contribution < 1.29 is 4.79 Å². The number of carbonyl (C=O) groups excluding carboxylic acids is 1. The molecular formula is C20H28IN5OS. The molecule has 0 radical (unpaired) electrons. The molecule has 2 aromatic heterocycles. The first-order valence-electron chi connectivity index (χ1n) is 9.51. The molecule has 2 N–H and O–H groups in total. The lowest BCUT2D eigenvalue weighted by Crippen LogP contribution is -2.39. The van der Waals surface area contributed by atoms with Gasteiger partial charge in [-0.25, -0.2) is 0 Å². The number of hydrogen-bond acceptors (Lipinski definition) is 4. The number of halogens is 1. The van der Waals surface area contributed by atoms with Gasteiger partial charge in [-0.05, 0) is 42.5 Å². The summed E-state index contributed by atoms with van der Waals surface area (Å²) >= 11 is 1.79. The number of rotatable bonds is 7. The summed E-state index contributed by atoms with van der Waals surface area (Å²) in [5.41, 5.74) is 2.35. The van der Waals surface area contributed by atoms with Gasteiger partial charge in [0.1, 0.15) is 0 Å². The number of aliphatic imine (C=N–C) groups is 1. The highest BCUT2D eigenvalue weighted by Gasteiger charge is 2.20. The SMILES string of the molecule is CCNC(=NCCC(=O)N1CCc2sccc2C1)NCCc1ccccn1.I. The Morgan fingerprint density at radius 2 is 2.21 bits per heavy atom. The first-order chi connectivity index (χ1) is 13.3. The second-order valence-corrected chi connectivity index (χ2v) is 7.44. The second kappa shape index (κ2) is 12.0. The predicted molar refractivity (Wildman–Crippen MR) is 125 cm³/mol. The molecule has 0 aliphatic carbocycles. The Hall–Kier alpha value is -1.68. The van der Waals surface area contributed by atoms with Crippen molar-refractivity contribution in [2.24, 2.45) is 4.99 Å². The Labute approximate surface area is 187 Å². The average molecular weight is 513 g/mol. The molecule has 1 aliphatic rings. The lowest BCUT2D eigenvalue weighted by molar-refractivity contribution is -0.131. The molecule has 152 valence electrons. The lowest BCUT2D eigenvalue weighted by Gasteiger charge is -2.26. The van der Waals surface area contributed by atoms with Crippen LogP contribution in [0.1, 0.15) is 29.5 Å². The number of amides is 1. The molecule has 2 aromatic rings. The normalized spacial score (nSPS) is 13.5. The molecule has 3 rings (SSSR count). The van der Waals surface area contributed by atoms with Crippen LogP contribution in [0.4, 0.5) is 0 Å². The number of pyridine rings is 1. The summed E-state index contributed by atoms with van der Waals surface area (Å²) < 4.78 is 0. The molecule has 0 aromatic carbocycles. The van der Waals surface area contributed by atoms with E-state index < -0.39 is 0 Å². The van der Waals surface area contributed by atoms with E-state index in [4.69, 9.17) is 0 Å². The third kappa shape index (κ3) is 6.73. The lowest BCUT2D eigenvalue weighted by atomic mass is 10.1. The fraction of sp³-hybridized carbons (Fsp3) is 0.450. The molecule has 0 atom stereocenters. The van der Waals surface area contributed by atoms with Gasteiger partial charge >= 0.3 is 0 Å². The third-order valence-corrected chi connectivity index (χ3v) is 5.52. The summed E-state index contributed by atoms with van der Waals surface area (Å²) in [4.78, 5) is 24.7. The van der Waals surface area contributed by atoms with Crippen molar-refractivity contribution in [3.05, 3.63) is 52.0 Å². The highest BCUT2D eigenvalue weighted by atomic mass is 127. The number of fused-ring (bicyclic) bond motifs is 1. The van der Waals surface area contributed by atoms with Crippen LogP contribution in [0.15, 0.2) is 40.8 Å². The van der Waals surface area contributed by atoms with Crippen molar-refractivity contribution in [2.45, 2.75) is 32.7 Å². The number of guanidine groups is 1. The van der Waals surface area contributed by atoms with Crippen molar-refractivity contribution in [3.8, 4) is 0 Å². The van der Waals surface area contributed by atoms with Crippen LogP contribution < -0.4 is 10.6 Å². The van der Waals surface area contributed by atoms with E-state index in [1.165, 1.54) is 10.4 Å². The van der Waals surface area contributed by atoms with Gasteiger partial charge in [-0.15, -0.1) is 35.3 Å². The molecule has 8 heteroatoms. The first-order valence-corrected chi connectivity index (χ1v) is 10.4. The zero-order valence-corrected chi connectivity index (χ0v) is 19.3. The summed E-state index contributed by atoms with van der Waals surface area (Å²) in [7, 11) is 0. The minimum Gasteiger partial charge on any atom is -0.357 e. The molecule has 0 saturated heterocycles. The molecular weight excluding hydrogens is 485 g/mol. The Morgan fingerprint density at radius 1 is 1.32 bits per heavy atom. The summed E-state index contributed by atoms with van der Waals surface area (Å²) in [6.45, 7) is 5.63. The van der Waals surface area contributed by atoms with E-state index in [-0.39, 0.29) is 29.9 Å². The van der Waals surface area contributed by atoms with E-state index >= 15 is 0 Å². The van der Waals surface area contributed by atoms with Crippen molar-refractivity contribution >= 4 is 47.2 Å². The van der Waals surface area contributed by atoms with Gasteiger partial charge in [0.15, 0.2) is 5.96 Å². The maximum Gasteiger partial charge on any atom is 0.224 e. The number of carbonyl (C=O) groups is 1. The zero-order valence-electron chi connectivity index (χ0n) is 16.2. The first kappa shape index (κ1) is 22.6. The highest BCUT2D eigenvalue weighted by Crippen LogP contribution is 2.24. The Morgan fingerprint density at radius 3 is 3.00 bits per heavy atom. The molecule has 0 bridgehead atoms. The largest absolute Gasteiger partial charge is 0.357 e. The van der Waals surface area contributed by atoms with Crippen LogP contribution in [0.5, 0.6) is 0 Å². The van der Waals surface area contributed by atoms with Gasteiger partial charge in [0, 0.05) is 55.8 Å². The molecule has 1 aliphatic heterocycles. The summed E-state index contributed by atoms with van der Waals surface area (Å²) in [6, 6.07) is 8.06. The van der Waals surface area contributed by atoms with Crippen molar-refractivity contribution in [2.75, 3.05) is 26.2 Å². The van der Waals surface area contributed by atoms with E-state index in [9.17, 15) is 4.79 Å². The van der Waals surface area contributed by atoms with Crippen molar-refractivity contribution in [1.29, 1.82) is 0 Å². The average Bonchev–Trinajstić information content (AvgIpc) is 3.16. The Bertz CT molecular complexity index is 765. The van der Waals surface area contributed by atoms with Gasteiger partial charge in [-0.3, -0.25) is 14.8 Å². The van der Waals surface area contributed by atoms with E-state index in [0.29, 0.717) is 13.0 Å². The van der Waals surface area contributed by atoms with Gasteiger partial charge < -0.3 is 15.5 Å². The predicted octanol–water partition coefficient (Wildman–Crippen LogP) is 2.83. The minimum atomic E-state index is 0. The van der Waals surface area contributed by atoms with Crippen LogP contribution in [0.3, 0.4) is 0 Å². The maximum atomic E-state index is 12.5. The number of nitrogens with one attached hydrogen (secondary N) is 2. The van der Waals surface area contributed by atoms with E-state index in [1.807, 2.05) is 30.0 Å². The van der Waals surface area contributed by atoms with Gasteiger partial charge in [0.25, 0.3) is 0 Å². The maximum absolute atomic E-state index is 12.5. The van der Waals surface area contributed by atoms with Crippen LogP contribution in [-0.2, 0) is 24.2 Å². The quantitative estimate of drug-likeness (QED) is 0.340. The van der Waals surface area contributed by atoms with E-state index in [1.54, 1.807) is 17.5 Å². The number of thiophene rings is 1. The number of nitrogens with zero attached hydrogens (tertiary/aromatic N) is 3. The standard InChI is InChI=1S/C20H27N5OS.HI/c1-2-21-20(23-11-6-17-5-3-4-10-22-17)24-12-7-19(26)25-13-8-18-16(15-25)9-14-27-18;/h3-5,9-10,14H,2,6-8,11-13,15H2,1H3,(H2,21,23,24);1H. The van der Waals surface area contributed by atoms with Crippen LogP contribution in [-0.4, -0.2) is 47.9 Å². The number of hydrogen-bond donors (Lipinski definition) is 2. The second-order valence-electron chi connectivity index (χ2n) is 6.44. The Kier molecular flexibility index (Phi) is 9.69. The third-order valence-electron chi connectivity index (χ3n) is 4.50. The van der Waals surface area contributed by atoms with E-state index in [2.05, 4.69) is 32.1 Å². The van der Waals surface area contributed by atoms with E-state index in [0.717, 1.165) is 50.7 Å². The molecule has 0 saturated carbocycles. The molecule has 28 heavy (non-hydrogen) atoms. The summed E-state index contributed by atoms with van der Waals surface area (Å²) in [5, 5.41) is 8.65.